The normalized spacial score (nSPS) is 15.0. The summed E-state index contributed by atoms with van der Waals surface area (Å²) in [4.78, 5) is 15.7. The predicted molar refractivity (Wildman–Crippen MR) is 96.3 cm³/mol. The fourth-order valence-corrected chi connectivity index (χ4v) is 3.27. The fraction of sp³-hybridized carbons (Fsp3) is 0.350. The van der Waals surface area contributed by atoms with Crippen LogP contribution in [-0.2, 0) is 6.54 Å². The molecule has 1 aliphatic rings. The molecule has 26 heavy (non-hydrogen) atoms. The van der Waals surface area contributed by atoms with Gasteiger partial charge >= 0.3 is 0 Å². The van der Waals surface area contributed by atoms with Gasteiger partial charge < -0.3 is 19.3 Å². The molecule has 1 aliphatic heterocycles. The first-order valence-corrected chi connectivity index (χ1v) is 8.70. The van der Waals surface area contributed by atoms with Crippen molar-refractivity contribution in [2.75, 3.05) is 40.4 Å². The van der Waals surface area contributed by atoms with Crippen molar-refractivity contribution < 1.29 is 23.6 Å². The Balaban J connectivity index is 1.60. The van der Waals surface area contributed by atoms with E-state index >= 15 is 0 Å². The van der Waals surface area contributed by atoms with Crippen molar-refractivity contribution in [3.05, 3.63) is 59.4 Å². The van der Waals surface area contributed by atoms with E-state index in [2.05, 4.69) is 0 Å². The molecular formula is C20H24FN2O3+. The van der Waals surface area contributed by atoms with Gasteiger partial charge in [0.25, 0.3) is 5.91 Å². The van der Waals surface area contributed by atoms with Crippen LogP contribution in [0.25, 0.3) is 0 Å². The lowest BCUT2D eigenvalue weighted by Crippen LogP contribution is -3.13. The van der Waals surface area contributed by atoms with Crippen molar-refractivity contribution in [2.45, 2.75) is 6.54 Å². The first-order chi connectivity index (χ1) is 12.6. The number of hydrogen-bond acceptors (Lipinski definition) is 3. The summed E-state index contributed by atoms with van der Waals surface area (Å²) >= 11 is 0. The predicted octanol–water partition coefficient (Wildman–Crippen LogP) is 1.38. The van der Waals surface area contributed by atoms with Gasteiger partial charge in [-0.15, -0.1) is 0 Å². The molecule has 0 aromatic heterocycles. The number of nitrogens with one attached hydrogen (secondary N) is 1. The summed E-state index contributed by atoms with van der Waals surface area (Å²) in [6.45, 7) is 3.83. The zero-order chi connectivity index (χ0) is 18.5. The van der Waals surface area contributed by atoms with Crippen LogP contribution >= 0.6 is 0 Å². The molecule has 0 bridgehead atoms. The van der Waals surface area contributed by atoms with E-state index in [0.717, 1.165) is 36.7 Å². The van der Waals surface area contributed by atoms with E-state index in [1.807, 2.05) is 18.2 Å². The van der Waals surface area contributed by atoms with Crippen LogP contribution in [0.4, 0.5) is 4.39 Å². The van der Waals surface area contributed by atoms with Gasteiger partial charge in [0.1, 0.15) is 23.9 Å². The number of hydrogen-bond donors (Lipinski definition) is 1. The quantitative estimate of drug-likeness (QED) is 0.877. The summed E-state index contributed by atoms with van der Waals surface area (Å²) in [5.41, 5.74) is 1.53. The average molecular weight is 359 g/mol. The van der Waals surface area contributed by atoms with Gasteiger partial charge in [0.05, 0.1) is 40.4 Å². The highest BCUT2D eigenvalue weighted by atomic mass is 19.1. The van der Waals surface area contributed by atoms with Crippen LogP contribution < -0.4 is 14.4 Å². The third-order valence-corrected chi connectivity index (χ3v) is 4.76. The number of amides is 1. The summed E-state index contributed by atoms with van der Waals surface area (Å²) in [7, 11) is 3.29. The molecule has 2 aromatic rings. The lowest BCUT2D eigenvalue weighted by Gasteiger charge is -2.32. The second kappa shape index (κ2) is 8.19. The van der Waals surface area contributed by atoms with E-state index in [0.29, 0.717) is 18.7 Å². The van der Waals surface area contributed by atoms with Gasteiger partial charge in [-0.1, -0.05) is 6.07 Å². The molecule has 0 saturated carbocycles. The number of carbonyl (C=O) groups is 1. The topological polar surface area (TPSA) is 43.2 Å². The van der Waals surface area contributed by atoms with Crippen LogP contribution in [0.3, 0.4) is 0 Å². The monoisotopic (exact) mass is 359 g/mol. The fourth-order valence-electron chi connectivity index (χ4n) is 3.27. The summed E-state index contributed by atoms with van der Waals surface area (Å²) in [5, 5.41) is 0. The number of quaternary nitrogens is 1. The molecule has 138 valence electrons. The Morgan fingerprint density at radius 1 is 1.12 bits per heavy atom. The van der Waals surface area contributed by atoms with E-state index < -0.39 is 0 Å². The molecule has 0 unspecified atom stereocenters. The maximum atomic E-state index is 13.3. The Bertz CT molecular complexity index is 773. The molecule has 1 N–H and O–H groups in total. The number of rotatable bonds is 5. The van der Waals surface area contributed by atoms with Crippen molar-refractivity contribution in [3.63, 3.8) is 0 Å². The van der Waals surface area contributed by atoms with E-state index in [4.69, 9.17) is 9.47 Å². The van der Waals surface area contributed by atoms with E-state index in [-0.39, 0.29) is 11.7 Å². The molecule has 0 atom stereocenters. The van der Waals surface area contributed by atoms with Gasteiger partial charge in [0.15, 0.2) is 0 Å². The summed E-state index contributed by atoms with van der Waals surface area (Å²) in [6, 6.07) is 11.7. The smallest absolute Gasteiger partial charge is 0.254 e. The third kappa shape index (κ3) is 4.14. The van der Waals surface area contributed by atoms with Gasteiger partial charge in [0, 0.05) is 17.2 Å². The molecule has 3 rings (SSSR count). The van der Waals surface area contributed by atoms with Gasteiger partial charge in [0.2, 0.25) is 0 Å². The van der Waals surface area contributed by atoms with E-state index in [1.54, 1.807) is 31.3 Å². The van der Waals surface area contributed by atoms with E-state index in [1.165, 1.54) is 17.0 Å². The molecule has 0 spiro atoms. The maximum Gasteiger partial charge on any atom is 0.254 e. The first kappa shape index (κ1) is 18.2. The number of ether oxygens (including phenoxy) is 2. The van der Waals surface area contributed by atoms with Gasteiger partial charge in [-0.05, 0) is 30.3 Å². The minimum Gasteiger partial charge on any atom is -0.497 e. The summed E-state index contributed by atoms with van der Waals surface area (Å²) < 4.78 is 24.0. The van der Waals surface area contributed by atoms with Gasteiger partial charge in [-0.3, -0.25) is 4.79 Å². The number of piperazine rings is 1. The molecule has 1 heterocycles. The number of nitrogens with zero attached hydrogens (tertiary/aromatic N) is 1. The molecule has 5 nitrogen and oxygen atoms in total. The van der Waals surface area contributed by atoms with Crippen LogP contribution in [0.15, 0.2) is 42.5 Å². The number of carbonyl (C=O) groups excluding carboxylic acids is 1. The standard InChI is InChI=1S/C20H23FN2O3/c1-25-18-7-6-16(19(13-18)26-2)14-22-8-10-23(11-9-22)20(24)15-4-3-5-17(21)12-15/h3-7,12-13H,8-11,14H2,1-2H3/p+1. The summed E-state index contributed by atoms with van der Waals surface area (Å²) in [6.07, 6.45) is 0. The molecule has 6 heteroatoms. The van der Waals surface area contributed by atoms with Crippen molar-refractivity contribution in [1.29, 1.82) is 0 Å². The summed E-state index contributed by atoms with van der Waals surface area (Å²) in [5.74, 6) is 1.10. The molecule has 2 aromatic carbocycles. The second-order valence-electron chi connectivity index (χ2n) is 6.41. The zero-order valence-corrected chi connectivity index (χ0v) is 15.1. The maximum absolute atomic E-state index is 13.3. The molecule has 1 amide bonds. The highest BCUT2D eigenvalue weighted by Gasteiger charge is 2.25. The Kier molecular flexibility index (Phi) is 5.73. The second-order valence-corrected chi connectivity index (χ2v) is 6.41. The van der Waals surface area contributed by atoms with Crippen LogP contribution in [0.1, 0.15) is 15.9 Å². The lowest BCUT2D eigenvalue weighted by atomic mass is 10.1. The molecule has 1 fully saturated rings. The number of methoxy groups -OCH3 is 2. The van der Waals surface area contributed by atoms with Gasteiger partial charge in [-0.25, -0.2) is 4.39 Å². The minimum absolute atomic E-state index is 0.106. The molecule has 0 aliphatic carbocycles. The van der Waals surface area contributed by atoms with Crippen LogP contribution in [-0.4, -0.2) is 51.2 Å². The van der Waals surface area contributed by atoms with Crippen LogP contribution in [0.5, 0.6) is 11.5 Å². The molecule has 0 radical (unpaired) electrons. The lowest BCUT2D eigenvalue weighted by molar-refractivity contribution is -0.917. The van der Waals surface area contributed by atoms with Crippen molar-refractivity contribution >= 4 is 5.91 Å². The van der Waals surface area contributed by atoms with E-state index in [9.17, 15) is 9.18 Å². The van der Waals surface area contributed by atoms with Crippen molar-refractivity contribution in [2.24, 2.45) is 0 Å². The minimum atomic E-state index is -0.383. The zero-order valence-electron chi connectivity index (χ0n) is 15.1. The average Bonchev–Trinajstić information content (AvgIpc) is 2.68. The Labute approximate surface area is 152 Å². The SMILES string of the molecule is COc1ccc(C[NH+]2CCN(C(=O)c3cccc(F)c3)CC2)c(OC)c1. The van der Waals surface area contributed by atoms with Crippen LogP contribution in [0.2, 0.25) is 0 Å². The Hall–Kier alpha value is -2.60. The van der Waals surface area contributed by atoms with Crippen molar-refractivity contribution in [3.8, 4) is 11.5 Å². The molecule has 1 saturated heterocycles. The Morgan fingerprint density at radius 3 is 2.54 bits per heavy atom. The van der Waals surface area contributed by atoms with Crippen molar-refractivity contribution in [1.82, 2.24) is 4.90 Å². The highest BCUT2D eigenvalue weighted by Crippen LogP contribution is 2.23. The number of benzene rings is 2. The van der Waals surface area contributed by atoms with Gasteiger partial charge in [-0.2, -0.15) is 0 Å². The number of halogens is 1. The third-order valence-electron chi connectivity index (χ3n) is 4.76. The van der Waals surface area contributed by atoms with Crippen LogP contribution in [0, 0.1) is 5.82 Å². The highest BCUT2D eigenvalue weighted by molar-refractivity contribution is 5.94. The Morgan fingerprint density at radius 2 is 1.88 bits per heavy atom. The largest absolute Gasteiger partial charge is 0.497 e. The molecular weight excluding hydrogens is 335 g/mol. The first-order valence-electron chi connectivity index (χ1n) is 8.70.